The zero-order chi connectivity index (χ0) is 9.68. The molecule has 1 aromatic rings. The van der Waals surface area contributed by atoms with Crippen molar-refractivity contribution in [1.82, 2.24) is 0 Å². The molecule has 0 amide bonds. The summed E-state index contributed by atoms with van der Waals surface area (Å²) < 4.78 is 0.272. The number of benzene rings is 1. The summed E-state index contributed by atoms with van der Waals surface area (Å²) >= 11 is 2.28. The van der Waals surface area contributed by atoms with E-state index in [-0.39, 0.29) is 3.92 Å². The maximum atomic E-state index is 8.16. The maximum Gasteiger partial charge on any atom is 0.0417 e. The van der Waals surface area contributed by atoms with Gasteiger partial charge in [0.2, 0.25) is 0 Å². The van der Waals surface area contributed by atoms with Crippen LogP contribution in [0.4, 0.5) is 0 Å². The molecular formula is C9H10IN3. The van der Waals surface area contributed by atoms with E-state index in [9.17, 15) is 0 Å². The lowest BCUT2D eigenvalue weighted by atomic mass is 10.1. The predicted octanol–water partition coefficient (Wildman–Crippen LogP) is 3.78. The summed E-state index contributed by atoms with van der Waals surface area (Å²) in [6, 6.07) is 8.27. The molecule has 0 aliphatic rings. The summed E-state index contributed by atoms with van der Waals surface area (Å²) in [6.45, 7) is 2.57. The van der Waals surface area contributed by atoms with E-state index in [1.807, 2.05) is 0 Å². The first-order valence-corrected chi connectivity index (χ1v) is 5.20. The molecule has 0 aromatic heterocycles. The van der Waals surface area contributed by atoms with E-state index < -0.39 is 0 Å². The molecule has 0 radical (unpaired) electrons. The average Bonchev–Trinajstić information content (AvgIpc) is 2.15. The Morgan fingerprint density at radius 3 is 2.62 bits per heavy atom. The van der Waals surface area contributed by atoms with Gasteiger partial charge in [-0.1, -0.05) is 57.5 Å². The molecule has 1 atom stereocenters. The lowest BCUT2D eigenvalue weighted by molar-refractivity contribution is 0.961. The predicted molar refractivity (Wildman–Crippen MR) is 62.0 cm³/mol. The highest BCUT2D eigenvalue weighted by atomic mass is 127. The smallest absolute Gasteiger partial charge is 0.0417 e. The summed E-state index contributed by atoms with van der Waals surface area (Å²) in [7, 11) is 0. The SMILES string of the molecule is Cc1ccc(C(I)CN=[N+]=[N-])cc1. The molecule has 0 saturated heterocycles. The molecule has 1 aromatic carbocycles. The number of aryl methyl sites for hydroxylation is 1. The Morgan fingerprint density at radius 1 is 1.46 bits per heavy atom. The third-order valence-corrected chi connectivity index (χ3v) is 2.86. The molecule has 0 heterocycles. The van der Waals surface area contributed by atoms with Gasteiger partial charge in [0.25, 0.3) is 0 Å². The lowest BCUT2D eigenvalue weighted by Gasteiger charge is -2.06. The summed E-state index contributed by atoms with van der Waals surface area (Å²) in [5, 5.41) is 3.54. The Balaban J connectivity index is 2.71. The molecule has 68 valence electrons. The van der Waals surface area contributed by atoms with Crippen molar-refractivity contribution >= 4 is 22.6 Å². The number of azide groups is 1. The fraction of sp³-hybridized carbons (Fsp3) is 0.333. The minimum absolute atomic E-state index is 0.272. The minimum atomic E-state index is 0.272. The molecule has 1 unspecified atom stereocenters. The number of nitrogens with zero attached hydrogens (tertiary/aromatic N) is 3. The quantitative estimate of drug-likeness (QED) is 0.267. The van der Waals surface area contributed by atoms with E-state index >= 15 is 0 Å². The molecule has 0 bridgehead atoms. The maximum absolute atomic E-state index is 8.16. The third-order valence-electron chi connectivity index (χ3n) is 1.74. The highest BCUT2D eigenvalue weighted by Crippen LogP contribution is 2.23. The Bertz CT molecular complexity index is 314. The van der Waals surface area contributed by atoms with Crippen molar-refractivity contribution < 1.29 is 0 Å². The minimum Gasteiger partial charge on any atom is -0.0925 e. The van der Waals surface area contributed by atoms with Crippen LogP contribution in [0.5, 0.6) is 0 Å². The number of hydrogen-bond donors (Lipinski definition) is 0. The fourth-order valence-electron chi connectivity index (χ4n) is 0.989. The van der Waals surface area contributed by atoms with E-state index in [1.165, 1.54) is 11.1 Å². The second-order valence-corrected chi connectivity index (χ2v) is 4.30. The van der Waals surface area contributed by atoms with Gasteiger partial charge in [-0.25, -0.2) is 0 Å². The van der Waals surface area contributed by atoms with E-state index in [4.69, 9.17) is 5.53 Å². The molecule has 4 heteroatoms. The summed E-state index contributed by atoms with van der Waals surface area (Å²) in [4.78, 5) is 2.74. The highest BCUT2D eigenvalue weighted by molar-refractivity contribution is 14.1. The monoisotopic (exact) mass is 287 g/mol. The van der Waals surface area contributed by atoms with Gasteiger partial charge in [-0.05, 0) is 18.0 Å². The molecule has 13 heavy (non-hydrogen) atoms. The Kier molecular flexibility index (Phi) is 4.05. The molecule has 0 saturated carbocycles. The first-order chi connectivity index (χ1) is 6.24. The van der Waals surface area contributed by atoms with Crippen LogP contribution >= 0.6 is 22.6 Å². The summed E-state index contributed by atoms with van der Waals surface area (Å²) in [6.07, 6.45) is 0. The lowest BCUT2D eigenvalue weighted by Crippen LogP contribution is -1.92. The molecule has 0 spiro atoms. The van der Waals surface area contributed by atoms with Gasteiger partial charge in [-0.15, -0.1) is 0 Å². The molecule has 0 N–H and O–H groups in total. The van der Waals surface area contributed by atoms with Crippen LogP contribution < -0.4 is 0 Å². The van der Waals surface area contributed by atoms with Crippen LogP contribution in [0.2, 0.25) is 0 Å². The van der Waals surface area contributed by atoms with Crippen molar-refractivity contribution in [3.63, 3.8) is 0 Å². The van der Waals surface area contributed by atoms with Crippen LogP contribution in [0.15, 0.2) is 29.4 Å². The third kappa shape index (κ3) is 3.24. The summed E-state index contributed by atoms with van der Waals surface area (Å²) in [5.74, 6) is 0. The van der Waals surface area contributed by atoms with Gasteiger partial charge in [0.05, 0.1) is 0 Å². The van der Waals surface area contributed by atoms with E-state index in [0.29, 0.717) is 6.54 Å². The van der Waals surface area contributed by atoms with Crippen LogP contribution in [0.3, 0.4) is 0 Å². The van der Waals surface area contributed by atoms with Crippen LogP contribution in [0, 0.1) is 6.92 Å². The number of alkyl halides is 1. The Hall–Kier alpha value is -0.740. The Labute approximate surface area is 90.9 Å². The first-order valence-electron chi connectivity index (χ1n) is 3.95. The van der Waals surface area contributed by atoms with Crippen LogP contribution in [0.25, 0.3) is 10.4 Å². The normalized spacial score (nSPS) is 11.8. The molecule has 0 fully saturated rings. The molecular weight excluding hydrogens is 277 g/mol. The van der Waals surface area contributed by atoms with Gasteiger partial charge < -0.3 is 0 Å². The van der Waals surface area contributed by atoms with Crippen molar-refractivity contribution in [3.8, 4) is 0 Å². The van der Waals surface area contributed by atoms with Crippen molar-refractivity contribution in [2.24, 2.45) is 5.11 Å². The van der Waals surface area contributed by atoms with E-state index in [2.05, 4.69) is 63.8 Å². The topological polar surface area (TPSA) is 48.8 Å². The van der Waals surface area contributed by atoms with E-state index in [0.717, 1.165) is 0 Å². The summed E-state index contributed by atoms with van der Waals surface area (Å²) in [5.41, 5.74) is 10.6. The molecule has 3 nitrogen and oxygen atoms in total. The van der Waals surface area contributed by atoms with E-state index in [1.54, 1.807) is 0 Å². The van der Waals surface area contributed by atoms with Crippen LogP contribution in [-0.2, 0) is 0 Å². The molecule has 1 rings (SSSR count). The van der Waals surface area contributed by atoms with Gasteiger partial charge in [0.1, 0.15) is 0 Å². The van der Waals surface area contributed by atoms with Gasteiger partial charge in [-0.3, -0.25) is 0 Å². The second kappa shape index (κ2) is 5.09. The largest absolute Gasteiger partial charge is 0.0925 e. The number of halogens is 1. The van der Waals surface area contributed by atoms with Gasteiger partial charge in [0, 0.05) is 15.4 Å². The standard InChI is InChI=1S/C9H10IN3/c1-7-2-4-8(5-3-7)9(10)6-12-13-11/h2-5,9H,6H2,1H3. The zero-order valence-corrected chi connectivity index (χ0v) is 9.47. The highest BCUT2D eigenvalue weighted by Gasteiger charge is 2.04. The Morgan fingerprint density at radius 2 is 2.08 bits per heavy atom. The first kappa shape index (κ1) is 10.3. The van der Waals surface area contributed by atoms with Crippen LogP contribution in [-0.4, -0.2) is 6.54 Å². The van der Waals surface area contributed by atoms with Crippen molar-refractivity contribution in [1.29, 1.82) is 0 Å². The number of rotatable bonds is 3. The molecule has 0 aliphatic carbocycles. The zero-order valence-electron chi connectivity index (χ0n) is 7.31. The van der Waals surface area contributed by atoms with Gasteiger partial charge in [-0.2, -0.15) is 0 Å². The average molecular weight is 287 g/mol. The number of hydrogen-bond acceptors (Lipinski definition) is 1. The van der Waals surface area contributed by atoms with Crippen LogP contribution in [0.1, 0.15) is 15.1 Å². The van der Waals surface area contributed by atoms with Crippen molar-refractivity contribution in [3.05, 3.63) is 45.8 Å². The fourth-order valence-corrected chi connectivity index (χ4v) is 1.58. The molecule has 0 aliphatic heterocycles. The van der Waals surface area contributed by atoms with Gasteiger partial charge in [0.15, 0.2) is 0 Å². The second-order valence-electron chi connectivity index (χ2n) is 2.79. The van der Waals surface area contributed by atoms with Crippen molar-refractivity contribution in [2.75, 3.05) is 6.54 Å². The van der Waals surface area contributed by atoms with Gasteiger partial charge >= 0.3 is 0 Å². The van der Waals surface area contributed by atoms with Crippen molar-refractivity contribution in [2.45, 2.75) is 10.8 Å².